The van der Waals surface area contributed by atoms with Crippen LogP contribution in [0.1, 0.15) is 79.0 Å². The Morgan fingerprint density at radius 3 is 0.778 bits per heavy atom. The van der Waals surface area contributed by atoms with Gasteiger partial charge in [0.05, 0.1) is 77.9 Å². The van der Waals surface area contributed by atoms with Gasteiger partial charge in [0, 0.05) is 16.7 Å². The molecular weight excluding hydrogens is 765 g/mol. The second kappa shape index (κ2) is 25.5. The minimum absolute atomic E-state index is 0.0196. The van der Waals surface area contributed by atoms with E-state index in [4.69, 9.17) is 41.4 Å². The van der Waals surface area contributed by atoms with E-state index in [0.717, 1.165) is 0 Å². The van der Waals surface area contributed by atoms with Crippen LogP contribution in [-0.4, -0.2) is 95.9 Å². The van der Waals surface area contributed by atoms with Crippen LogP contribution in [0.3, 0.4) is 0 Å². The lowest BCUT2D eigenvalue weighted by atomic mass is 10.0. The smallest absolute Gasteiger partial charge is 0.335 e. The molecule has 0 fully saturated rings. The van der Waals surface area contributed by atoms with Crippen molar-refractivity contribution in [2.75, 3.05) is 77.9 Å². The van der Waals surface area contributed by atoms with Gasteiger partial charge in [0.25, 0.3) is 0 Å². The zero-order chi connectivity index (χ0) is 40.8. The Hall–Kier alpha value is -2.70. The Balaban J connectivity index is 4.32. The molecule has 306 valence electrons. The summed E-state index contributed by atoms with van der Waals surface area (Å²) in [6.45, 7) is 15.1. The van der Waals surface area contributed by atoms with E-state index in [9.17, 15) is 28.1 Å². The maximum Gasteiger partial charge on any atom is 0.335 e. The molecule has 0 spiro atoms. The largest absolute Gasteiger partial charge is 0.463 e. The van der Waals surface area contributed by atoms with E-state index in [2.05, 4.69) is 0 Å². The highest BCUT2D eigenvalue weighted by Crippen LogP contribution is 2.52. The topological polar surface area (TPSA) is 185 Å². The molecule has 18 heteroatoms. The van der Waals surface area contributed by atoms with Crippen molar-refractivity contribution in [3.8, 4) is 0 Å². The molecule has 1 rings (SSSR count). The van der Waals surface area contributed by atoms with Crippen LogP contribution in [-0.2, 0) is 69.4 Å². The molecule has 0 saturated heterocycles. The summed E-state index contributed by atoms with van der Waals surface area (Å²) in [7, 11) is -11.4. The summed E-state index contributed by atoms with van der Waals surface area (Å²) >= 11 is 0. The fourth-order valence-electron chi connectivity index (χ4n) is 4.93. The number of benzene rings is 1. The quantitative estimate of drug-likeness (QED) is 0.0357. The van der Waals surface area contributed by atoms with Gasteiger partial charge in [-0.3, -0.25) is 13.7 Å². The number of hydrogen-bond donors (Lipinski definition) is 0. The Kier molecular flexibility index (Phi) is 23.2. The number of rotatable bonds is 27. The number of hydrogen-bond acceptors (Lipinski definition) is 15. The van der Waals surface area contributed by atoms with Crippen LogP contribution in [0.5, 0.6) is 0 Å². The SMILES string of the molecule is CCOC(=O)/C(=C/c1cc(/C=C(\CP(=O)(OCC)OCC)C(=O)OCC)cc(/C=C(\CP(=O)(OCC)OCC)C(=O)OCC)c1)CP(=O)(OCC)OCC. The van der Waals surface area contributed by atoms with Crippen LogP contribution in [0.2, 0.25) is 0 Å². The van der Waals surface area contributed by atoms with Gasteiger partial charge in [-0.15, -0.1) is 0 Å². The van der Waals surface area contributed by atoms with Crippen LogP contribution in [0.15, 0.2) is 34.9 Å². The van der Waals surface area contributed by atoms with Gasteiger partial charge in [0.15, 0.2) is 0 Å². The Morgan fingerprint density at radius 2 is 0.611 bits per heavy atom. The van der Waals surface area contributed by atoms with Gasteiger partial charge in [-0.2, -0.15) is 0 Å². The van der Waals surface area contributed by atoms with Crippen molar-refractivity contribution < 1.29 is 69.4 Å². The molecular formula is C36H57O15P3. The standard InChI is InChI=1S/C36H57O15P3/c1-10-43-34(37)31(25-52(40,46-13-4)47-14-5)22-28-19-29(23-32(35(38)44-11-2)26-53(41,48-15-6)49-16-7)21-30(20-28)24-33(36(39)45-12-3)27-54(42,50-17-8)51-18-9/h19-24H,10-18,25-27H2,1-9H3/b31-22+,32-23+,33-24+. The minimum atomic E-state index is -3.81. The second-order valence-electron chi connectivity index (χ2n) is 10.9. The van der Waals surface area contributed by atoms with Gasteiger partial charge >= 0.3 is 40.7 Å². The lowest BCUT2D eigenvalue weighted by Crippen LogP contribution is -2.14. The van der Waals surface area contributed by atoms with Gasteiger partial charge in [-0.25, -0.2) is 14.4 Å². The third-order valence-corrected chi connectivity index (χ3v) is 12.8. The summed E-state index contributed by atoms with van der Waals surface area (Å²) in [6.07, 6.45) is 2.96. The highest BCUT2D eigenvalue weighted by Gasteiger charge is 2.32. The van der Waals surface area contributed by atoms with E-state index in [-0.39, 0.29) is 76.2 Å². The molecule has 0 radical (unpaired) electrons. The van der Waals surface area contributed by atoms with Gasteiger partial charge in [-0.05, 0) is 115 Å². The molecule has 0 unspecified atom stereocenters. The lowest BCUT2D eigenvalue weighted by molar-refractivity contribution is -0.139. The molecule has 15 nitrogen and oxygen atoms in total. The van der Waals surface area contributed by atoms with Crippen molar-refractivity contribution in [2.24, 2.45) is 0 Å². The molecule has 0 aliphatic heterocycles. The summed E-state index contributed by atoms with van der Waals surface area (Å²) in [4.78, 5) is 39.8. The van der Waals surface area contributed by atoms with Crippen LogP contribution < -0.4 is 0 Å². The third-order valence-electron chi connectivity index (χ3n) is 6.68. The number of carbonyl (C=O) groups excluding carboxylic acids is 3. The molecule has 0 aliphatic carbocycles. The molecule has 0 aromatic heterocycles. The third kappa shape index (κ3) is 17.4. The molecule has 0 amide bonds. The van der Waals surface area contributed by atoms with E-state index in [1.807, 2.05) is 0 Å². The maximum atomic E-state index is 13.6. The molecule has 0 aliphatic rings. The van der Waals surface area contributed by atoms with Gasteiger partial charge in [0.1, 0.15) is 0 Å². The van der Waals surface area contributed by atoms with Crippen molar-refractivity contribution in [2.45, 2.75) is 62.3 Å². The zero-order valence-electron chi connectivity index (χ0n) is 32.9. The predicted molar refractivity (Wildman–Crippen MR) is 207 cm³/mol. The molecule has 0 atom stereocenters. The van der Waals surface area contributed by atoms with Crippen LogP contribution >= 0.6 is 22.8 Å². The maximum absolute atomic E-state index is 13.6. The highest BCUT2D eigenvalue weighted by molar-refractivity contribution is 7.54. The van der Waals surface area contributed by atoms with E-state index in [1.54, 1.807) is 80.5 Å². The van der Waals surface area contributed by atoms with Gasteiger partial charge in [-0.1, -0.05) is 0 Å². The molecule has 1 aromatic carbocycles. The van der Waals surface area contributed by atoms with Crippen molar-refractivity contribution in [3.05, 3.63) is 51.6 Å². The summed E-state index contributed by atoms with van der Waals surface area (Å²) < 4.78 is 89.3. The molecule has 0 saturated carbocycles. The van der Waals surface area contributed by atoms with Crippen LogP contribution in [0.4, 0.5) is 0 Å². The van der Waals surface area contributed by atoms with E-state index >= 15 is 0 Å². The fraction of sp³-hybridized carbons (Fsp3) is 0.583. The Bertz CT molecular complexity index is 1390. The van der Waals surface area contributed by atoms with Crippen molar-refractivity contribution in [1.29, 1.82) is 0 Å². The Morgan fingerprint density at radius 1 is 0.407 bits per heavy atom. The lowest BCUT2D eigenvalue weighted by Gasteiger charge is -2.19. The first-order valence-corrected chi connectivity index (χ1v) is 23.2. The summed E-state index contributed by atoms with van der Waals surface area (Å²) in [5, 5.41) is 0. The van der Waals surface area contributed by atoms with Gasteiger partial charge < -0.3 is 41.4 Å². The normalized spacial score (nSPS) is 13.2. The molecule has 0 N–H and O–H groups in total. The van der Waals surface area contributed by atoms with E-state index in [1.165, 1.54) is 18.2 Å². The second-order valence-corrected chi connectivity index (χ2v) is 17.1. The van der Waals surface area contributed by atoms with E-state index in [0.29, 0.717) is 16.7 Å². The van der Waals surface area contributed by atoms with Crippen molar-refractivity contribution >= 4 is 58.9 Å². The number of esters is 3. The van der Waals surface area contributed by atoms with Crippen LogP contribution in [0.25, 0.3) is 18.2 Å². The predicted octanol–water partition coefficient (Wildman–Crippen LogP) is 8.32. The number of ether oxygens (including phenoxy) is 3. The summed E-state index contributed by atoms with van der Waals surface area (Å²) in [5.41, 5.74) is 0.801. The van der Waals surface area contributed by atoms with E-state index < -0.39 is 59.2 Å². The van der Waals surface area contributed by atoms with Crippen molar-refractivity contribution in [3.63, 3.8) is 0 Å². The first-order valence-electron chi connectivity index (χ1n) is 18.1. The first-order chi connectivity index (χ1) is 25.6. The molecule has 0 bridgehead atoms. The number of carbonyl (C=O) groups is 3. The first kappa shape index (κ1) is 49.3. The van der Waals surface area contributed by atoms with Crippen LogP contribution in [0, 0.1) is 0 Å². The molecule has 0 heterocycles. The summed E-state index contributed by atoms with van der Waals surface area (Å²) in [5.74, 6) is -2.34. The van der Waals surface area contributed by atoms with Crippen molar-refractivity contribution in [1.82, 2.24) is 0 Å². The fourth-order valence-corrected chi connectivity index (χ4v) is 9.97. The Labute approximate surface area is 319 Å². The zero-order valence-corrected chi connectivity index (χ0v) is 35.6. The monoisotopic (exact) mass is 822 g/mol. The summed E-state index contributed by atoms with van der Waals surface area (Å²) in [6, 6.07) is 4.76. The van der Waals surface area contributed by atoms with Gasteiger partial charge in [0.2, 0.25) is 0 Å². The average Bonchev–Trinajstić information content (AvgIpc) is 3.08. The minimum Gasteiger partial charge on any atom is -0.463 e. The average molecular weight is 823 g/mol. The highest BCUT2D eigenvalue weighted by atomic mass is 31.2. The molecule has 54 heavy (non-hydrogen) atoms. The molecule has 1 aromatic rings.